The number of rotatable bonds is 2. The standard InChI is InChI=1S/C13H14ClN3O/c1-16-8-9-17(13(18)12(16)6-7-15)11-5-3-2-4-10(11)14/h2-5,12H,6,8-9H2,1H3. The van der Waals surface area contributed by atoms with Gasteiger partial charge in [0.2, 0.25) is 5.91 Å². The summed E-state index contributed by atoms with van der Waals surface area (Å²) in [6.45, 7) is 1.34. The normalized spacial score (nSPS) is 20.8. The quantitative estimate of drug-likeness (QED) is 0.819. The second kappa shape index (κ2) is 5.38. The average molecular weight is 264 g/mol. The van der Waals surface area contributed by atoms with Gasteiger partial charge in [0.15, 0.2) is 0 Å². The summed E-state index contributed by atoms with van der Waals surface area (Å²) in [7, 11) is 1.86. The Bertz CT molecular complexity index is 497. The van der Waals surface area contributed by atoms with Gasteiger partial charge in [0.1, 0.15) is 6.04 Å². The van der Waals surface area contributed by atoms with Crippen LogP contribution < -0.4 is 4.90 Å². The van der Waals surface area contributed by atoms with Crippen molar-refractivity contribution in [2.45, 2.75) is 12.5 Å². The summed E-state index contributed by atoms with van der Waals surface area (Å²) in [5, 5.41) is 9.35. The van der Waals surface area contributed by atoms with Crippen LogP contribution in [0.4, 0.5) is 5.69 Å². The van der Waals surface area contributed by atoms with Gasteiger partial charge in [-0.2, -0.15) is 5.26 Å². The first-order chi connectivity index (χ1) is 8.65. The molecule has 1 atom stereocenters. The molecular weight excluding hydrogens is 250 g/mol. The summed E-state index contributed by atoms with van der Waals surface area (Å²) in [5.74, 6) is -0.0570. The van der Waals surface area contributed by atoms with Gasteiger partial charge in [-0.25, -0.2) is 0 Å². The van der Waals surface area contributed by atoms with Gasteiger partial charge in [-0.15, -0.1) is 0 Å². The molecule has 1 saturated heterocycles. The van der Waals surface area contributed by atoms with Gasteiger partial charge in [0.05, 0.1) is 23.2 Å². The van der Waals surface area contributed by atoms with Crippen molar-refractivity contribution < 1.29 is 4.79 Å². The molecule has 1 fully saturated rings. The highest BCUT2D eigenvalue weighted by Gasteiger charge is 2.33. The number of hydrogen-bond donors (Lipinski definition) is 0. The van der Waals surface area contributed by atoms with E-state index in [1.165, 1.54) is 0 Å². The Hall–Kier alpha value is -1.57. The average Bonchev–Trinajstić information content (AvgIpc) is 2.36. The fraction of sp³-hybridized carbons (Fsp3) is 0.385. The molecule has 18 heavy (non-hydrogen) atoms. The molecule has 1 amide bonds. The first kappa shape index (κ1) is 12.9. The smallest absolute Gasteiger partial charge is 0.245 e. The summed E-state index contributed by atoms with van der Waals surface area (Å²) in [6, 6.07) is 8.97. The van der Waals surface area contributed by atoms with E-state index in [1.54, 1.807) is 11.0 Å². The molecule has 0 radical (unpaired) electrons. The maximum Gasteiger partial charge on any atom is 0.245 e. The third kappa shape index (κ3) is 2.33. The minimum atomic E-state index is -0.375. The number of carbonyl (C=O) groups is 1. The predicted molar refractivity (Wildman–Crippen MR) is 70.5 cm³/mol. The van der Waals surface area contributed by atoms with E-state index in [0.29, 0.717) is 11.6 Å². The number of carbonyl (C=O) groups excluding carboxylic acids is 1. The summed E-state index contributed by atoms with van der Waals surface area (Å²) in [4.78, 5) is 15.9. The molecule has 2 rings (SSSR count). The highest BCUT2D eigenvalue weighted by atomic mass is 35.5. The number of benzene rings is 1. The zero-order valence-corrected chi connectivity index (χ0v) is 10.9. The summed E-state index contributed by atoms with van der Waals surface area (Å²) >= 11 is 6.11. The van der Waals surface area contributed by atoms with E-state index in [-0.39, 0.29) is 18.4 Å². The van der Waals surface area contributed by atoms with Gasteiger partial charge in [0.25, 0.3) is 0 Å². The van der Waals surface area contributed by atoms with Crippen LogP contribution in [-0.2, 0) is 4.79 Å². The number of likely N-dealkylation sites (N-methyl/N-ethyl adjacent to an activating group) is 1. The van der Waals surface area contributed by atoms with Crippen molar-refractivity contribution in [3.8, 4) is 6.07 Å². The summed E-state index contributed by atoms with van der Waals surface area (Å²) in [5.41, 5.74) is 0.722. The lowest BCUT2D eigenvalue weighted by atomic mass is 10.1. The number of anilines is 1. The monoisotopic (exact) mass is 263 g/mol. The Morgan fingerprint density at radius 1 is 1.44 bits per heavy atom. The third-order valence-corrected chi connectivity index (χ3v) is 3.51. The molecule has 1 heterocycles. The van der Waals surface area contributed by atoms with Gasteiger partial charge in [-0.3, -0.25) is 9.69 Å². The first-order valence-corrected chi connectivity index (χ1v) is 6.16. The van der Waals surface area contributed by atoms with Crippen LogP contribution in [0.2, 0.25) is 5.02 Å². The maximum atomic E-state index is 12.4. The van der Waals surface area contributed by atoms with Crippen LogP contribution in [0, 0.1) is 11.3 Å². The molecule has 1 aromatic rings. The summed E-state index contributed by atoms with van der Waals surface area (Å²) < 4.78 is 0. The topological polar surface area (TPSA) is 47.3 Å². The Morgan fingerprint density at radius 3 is 2.83 bits per heavy atom. The zero-order valence-electron chi connectivity index (χ0n) is 10.1. The van der Waals surface area contributed by atoms with Crippen molar-refractivity contribution in [2.75, 3.05) is 25.0 Å². The second-order valence-corrected chi connectivity index (χ2v) is 4.71. The second-order valence-electron chi connectivity index (χ2n) is 4.30. The van der Waals surface area contributed by atoms with Gasteiger partial charge in [-0.05, 0) is 19.2 Å². The maximum absolute atomic E-state index is 12.4. The van der Waals surface area contributed by atoms with Gasteiger partial charge in [0, 0.05) is 13.1 Å². The van der Waals surface area contributed by atoms with Crippen LogP contribution >= 0.6 is 11.6 Å². The molecular formula is C13H14ClN3O. The molecule has 1 aliphatic rings. The Kier molecular flexibility index (Phi) is 3.85. The number of hydrogen-bond acceptors (Lipinski definition) is 3. The molecule has 0 N–H and O–H groups in total. The number of amides is 1. The minimum Gasteiger partial charge on any atom is -0.308 e. The number of nitrogens with zero attached hydrogens (tertiary/aromatic N) is 3. The SMILES string of the molecule is CN1CCN(c2ccccc2Cl)C(=O)C1CC#N. The largest absolute Gasteiger partial charge is 0.308 e. The van der Waals surface area contributed by atoms with E-state index in [2.05, 4.69) is 6.07 Å². The van der Waals surface area contributed by atoms with Gasteiger partial charge < -0.3 is 4.90 Å². The fourth-order valence-electron chi connectivity index (χ4n) is 2.13. The lowest BCUT2D eigenvalue weighted by Crippen LogP contribution is -2.55. The molecule has 0 aromatic heterocycles. The molecule has 0 saturated carbocycles. The summed E-state index contributed by atoms with van der Waals surface area (Å²) in [6.07, 6.45) is 0.205. The van der Waals surface area contributed by atoms with Crippen LogP contribution in [-0.4, -0.2) is 37.0 Å². The minimum absolute atomic E-state index is 0.0570. The highest BCUT2D eigenvalue weighted by molar-refractivity contribution is 6.33. The predicted octanol–water partition coefficient (Wildman–Crippen LogP) is 1.90. The number of para-hydroxylation sites is 1. The van der Waals surface area contributed by atoms with Crippen molar-refractivity contribution >= 4 is 23.2 Å². The van der Waals surface area contributed by atoms with Crippen molar-refractivity contribution in [1.82, 2.24) is 4.90 Å². The van der Waals surface area contributed by atoms with Crippen molar-refractivity contribution in [1.29, 1.82) is 5.26 Å². The van der Waals surface area contributed by atoms with E-state index in [4.69, 9.17) is 16.9 Å². The fourth-order valence-corrected chi connectivity index (χ4v) is 2.37. The lowest BCUT2D eigenvalue weighted by Gasteiger charge is -2.38. The zero-order chi connectivity index (χ0) is 13.1. The van der Waals surface area contributed by atoms with Gasteiger partial charge >= 0.3 is 0 Å². The highest BCUT2D eigenvalue weighted by Crippen LogP contribution is 2.28. The first-order valence-electron chi connectivity index (χ1n) is 5.78. The number of nitriles is 1. The van der Waals surface area contributed by atoms with E-state index in [9.17, 15) is 4.79 Å². The van der Waals surface area contributed by atoms with Crippen LogP contribution in [0.1, 0.15) is 6.42 Å². The van der Waals surface area contributed by atoms with Crippen molar-refractivity contribution in [3.63, 3.8) is 0 Å². The molecule has 1 aliphatic heterocycles. The van der Waals surface area contributed by atoms with Crippen LogP contribution in [0.25, 0.3) is 0 Å². The molecule has 1 aromatic carbocycles. The molecule has 4 nitrogen and oxygen atoms in total. The van der Waals surface area contributed by atoms with Crippen LogP contribution in [0.3, 0.4) is 0 Å². The van der Waals surface area contributed by atoms with E-state index in [0.717, 1.165) is 12.2 Å². The Balaban J connectivity index is 2.28. The molecule has 1 unspecified atom stereocenters. The number of piperazine rings is 1. The van der Waals surface area contributed by atoms with E-state index in [1.807, 2.05) is 30.1 Å². The molecule has 5 heteroatoms. The number of halogens is 1. The van der Waals surface area contributed by atoms with Gasteiger partial charge in [-0.1, -0.05) is 23.7 Å². The van der Waals surface area contributed by atoms with Crippen LogP contribution in [0.5, 0.6) is 0 Å². The molecule has 0 spiro atoms. The lowest BCUT2D eigenvalue weighted by molar-refractivity contribution is -0.125. The Labute approximate surface area is 111 Å². The van der Waals surface area contributed by atoms with Crippen LogP contribution in [0.15, 0.2) is 24.3 Å². The van der Waals surface area contributed by atoms with Crippen molar-refractivity contribution in [3.05, 3.63) is 29.3 Å². The molecule has 0 aliphatic carbocycles. The van der Waals surface area contributed by atoms with E-state index < -0.39 is 0 Å². The third-order valence-electron chi connectivity index (χ3n) is 3.19. The molecule has 0 bridgehead atoms. The van der Waals surface area contributed by atoms with E-state index >= 15 is 0 Å². The van der Waals surface area contributed by atoms with Crippen molar-refractivity contribution in [2.24, 2.45) is 0 Å². The Morgan fingerprint density at radius 2 is 2.17 bits per heavy atom. The molecule has 94 valence electrons.